The first-order valence-electron chi connectivity index (χ1n) is 9.99. The van der Waals surface area contributed by atoms with E-state index in [0.29, 0.717) is 21.4 Å². The van der Waals surface area contributed by atoms with E-state index in [1.807, 2.05) is 54.6 Å². The van der Waals surface area contributed by atoms with E-state index >= 15 is 0 Å². The Morgan fingerprint density at radius 2 is 1.84 bits per heavy atom. The first kappa shape index (κ1) is 23.5. The SMILES string of the molecule is O=C(O)CCCNC(=O)CCN1C(=O)/C(=C/c2cccc(Oc3ccccc3)c2)SC1=S. The number of nitrogens with one attached hydrogen (secondary N) is 1. The van der Waals surface area contributed by atoms with E-state index in [0.717, 1.165) is 11.3 Å². The molecule has 2 amide bonds. The van der Waals surface area contributed by atoms with E-state index in [1.165, 1.54) is 16.7 Å². The predicted octanol–water partition coefficient (Wildman–Crippen LogP) is 4.05. The summed E-state index contributed by atoms with van der Waals surface area (Å²) >= 11 is 6.51. The molecule has 0 aliphatic carbocycles. The molecule has 0 spiro atoms. The Bertz CT molecular complexity index is 1040. The van der Waals surface area contributed by atoms with Gasteiger partial charge in [0.15, 0.2) is 0 Å². The zero-order valence-electron chi connectivity index (χ0n) is 17.2. The second-order valence-corrected chi connectivity index (χ2v) is 8.59. The molecule has 1 aliphatic rings. The number of para-hydroxylation sites is 1. The average Bonchev–Trinajstić information content (AvgIpc) is 3.03. The van der Waals surface area contributed by atoms with Gasteiger partial charge in [-0.2, -0.15) is 0 Å². The van der Waals surface area contributed by atoms with Gasteiger partial charge in [-0.05, 0) is 42.3 Å². The highest BCUT2D eigenvalue weighted by Gasteiger charge is 2.32. The van der Waals surface area contributed by atoms with Gasteiger partial charge in [0.1, 0.15) is 15.8 Å². The standard InChI is InChI=1S/C23H22N2O5S2/c26-20(24-12-5-10-21(27)28)11-13-25-22(29)19(32-23(25)31)15-16-6-4-9-18(14-16)30-17-7-2-1-3-8-17/h1-4,6-9,14-15H,5,10-13H2,(H,24,26)(H,27,28)/b19-15-. The van der Waals surface area contributed by atoms with E-state index < -0.39 is 5.97 Å². The normalized spacial score (nSPS) is 14.6. The summed E-state index contributed by atoms with van der Waals surface area (Å²) in [6.45, 7) is 0.453. The Labute approximate surface area is 195 Å². The van der Waals surface area contributed by atoms with Gasteiger partial charge >= 0.3 is 5.97 Å². The van der Waals surface area contributed by atoms with Crippen LogP contribution >= 0.6 is 24.0 Å². The van der Waals surface area contributed by atoms with Crippen LogP contribution in [0, 0.1) is 0 Å². The predicted molar refractivity (Wildman–Crippen MR) is 127 cm³/mol. The summed E-state index contributed by atoms with van der Waals surface area (Å²) in [6, 6.07) is 16.8. The lowest BCUT2D eigenvalue weighted by molar-refractivity contribution is -0.137. The quantitative estimate of drug-likeness (QED) is 0.307. The summed E-state index contributed by atoms with van der Waals surface area (Å²) in [6.07, 6.45) is 2.20. The molecule has 7 nitrogen and oxygen atoms in total. The molecule has 1 saturated heterocycles. The third-order valence-electron chi connectivity index (χ3n) is 4.46. The number of thioether (sulfide) groups is 1. The largest absolute Gasteiger partial charge is 0.481 e. The Balaban J connectivity index is 1.56. The summed E-state index contributed by atoms with van der Waals surface area (Å²) in [5.41, 5.74) is 0.801. The van der Waals surface area contributed by atoms with Crippen molar-refractivity contribution in [2.45, 2.75) is 19.3 Å². The van der Waals surface area contributed by atoms with Gasteiger partial charge in [-0.1, -0.05) is 54.3 Å². The minimum absolute atomic E-state index is 0.00262. The van der Waals surface area contributed by atoms with Crippen molar-refractivity contribution in [2.75, 3.05) is 13.1 Å². The molecule has 32 heavy (non-hydrogen) atoms. The van der Waals surface area contributed by atoms with Crippen LogP contribution in [0.2, 0.25) is 0 Å². The number of aliphatic carboxylic acids is 1. The van der Waals surface area contributed by atoms with Crippen LogP contribution in [0.3, 0.4) is 0 Å². The van der Waals surface area contributed by atoms with Crippen LogP contribution in [0.25, 0.3) is 6.08 Å². The molecule has 0 bridgehead atoms. The maximum Gasteiger partial charge on any atom is 0.303 e. The highest BCUT2D eigenvalue weighted by molar-refractivity contribution is 8.26. The molecular formula is C23H22N2O5S2. The Hall–Kier alpha value is -3.17. The minimum atomic E-state index is -0.902. The second-order valence-electron chi connectivity index (χ2n) is 6.92. The van der Waals surface area contributed by atoms with Crippen LogP contribution < -0.4 is 10.1 Å². The number of amides is 2. The number of thiocarbonyl (C=S) groups is 1. The molecule has 0 saturated carbocycles. The number of carbonyl (C=O) groups is 3. The third-order valence-corrected chi connectivity index (χ3v) is 5.84. The second kappa shape index (κ2) is 11.4. The van der Waals surface area contributed by atoms with E-state index in [-0.39, 0.29) is 37.7 Å². The highest BCUT2D eigenvalue weighted by Crippen LogP contribution is 2.33. The number of carbonyl (C=O) groups excluding carboxylic acids is 2. The van der Waals surface area contributed by atoms with E-state index in [1.54, 1.807) is 6.08 Å². The van der Waals surface area contributed by atoms with E-state index in [2.05, 4.69) is 5.32 Å². The first-order valence-corrected chi connectivity index (χ1v) is 11.2. The molecule has 9 heteroatoms. The van der Waals surface area contributed by atoms with Gasteiger partial charge in [0.05, 0.1) is 4.91 Å². The number of benzene rings is 2. The van der Waals surface area contributed by atoms with E-state index in [4.69, 9.17) is 22.1 Å². The van der Waals surface area contributed by atoms with Crippen LogP contribution in [-0.4, -0.2) is 45.2 Å². The van der Waals surface area contributed by atoms with Crippen molar-refractivity contribution in [3.8, 4) is 11.5 Å². The number of ether oxygens (including phenoxy) is 1. The van der Waals surface area contributed by atoms with Crippen LogP contribution in [0.15, 0.2) is 59.5 Å². The van der Waals surface area contributed by atoms with Crippen LogP contribution in [0.4, 0.5) is 0 Å². The van der Waals surface area contributed by atoms with Crippen LogP contribution in [0.1, 0.15) is 24.8 Å². The average molecular weight is 471 g/mol. The monoisotopic (exact) mass is 470 g/mol. The highest BCUT2D eigenvalue weighted by atomic mass is 32.2. The molecule has 2 aromatic carbocycles. The number of hydrogen-bond donors (Lipinski definition) is 2. The number of rotatable bonds is 10. The van der Waals surface area contributed by atoms with Gasteiger partial charge in [0.25, 0.3) is 5.91 Å². The van der Waals surface area contributed by atoms with Gasteiger partial charge in [0, 0.05) is 25.9 Å². The number of nitrogens with zero attached hydrogens (tertiary/aromatic N) is 1. The Morgan fingerprint density at radius 1 is 1.09 bits per heavy atom. The van der Waals surface area contributed by atoms with Gasteiger partial charge in [0.2, 0.25) is 5.91 Å². The molecule has 0 atom stereocenters. The lowest BCUT2D eigenvalue weighted by Crippen LogP contribution is -2.33. The summed E-state index contributed by atoms with van der Waals surface area (Å²) in [5.74, 6) is -0.0229. The van der Waals surface area contributed by atoms with Crippen LogP contribution in [-0.2, 0) is 14.4 Å². The lowest BCUT2D eigenvalue weighted by atomic mass is 10.2. The van der Waals surface area contributed by atoms with Crippen molar-refractivity contribution >= 4 is 52.2 Å². The zero-order chi connectivity index (χ0) is 22.9. The molecule has 1 aliphatic heterocycles. The van der Waals surface area contributed by atoms with Crippen molar-refractivity contribution in [1.29, 1.82) is 0 Å². The molecule has 1 heterocycles. The summed E-state index contributed by atoms with van der Waals surface area (Å²) in [5, 5.41) is 11.3. The van der Waals surface area contributed by atoms with Crippen molar-refractivity contribution < 1.29 is 24.2 Å². The third kappa shape index (κ3) is 6.93. The van der Waals surface area contributed by atoms with Crippen LogP contribution in [0.5, 0.6) is 11.5 Å². The molecule has 166 valence electrons. The molecule has 1 fully saturated rings. The summed E-state index contributed by atoms with van der Waals surface area (Å²) in [7, 11) is 0. The van der Waals surface area contributed by atoms with Gasteiger partial charge in [-0.15, -0.1) is 0 Å². The van der Waals surface area contributed by atoms with E-state index in [9.17, 15) is 14.4 Å². The van der Waals surface area contributed by atoms with Crippen molar-refractivity contribution in [2.24, 2.45) is 0 Å². The Kier molecular flexibility index (Phi) is 8.41. The molecular weight excluding hydrogens is 448 g/mol. The van der Waals surface area contributed by atoms with Gasteiger partial charge < -0.3 is 15.2 Å². The molecule has 3 rings (SSSR count). The fourth-order valence-corrected chi connectivity index (χ4v) is 4.21. The fourth-order valence-electron chi connectivity index (χ4n) is 2.91. The van der Waals surface area contributed by atoms with Gasteiger partial charge in [-0.3, -0.25) is 19.3 Å². The number of hydrogen-bond acceptors (Lipinski definition) is 6. The topological polar surface area (TPSA) is 95.9 Å². The molecule has 0 unspecified atom stereocenters. The maximum atomic E-state index is 12.8. The minimum Gasteiger partial charge on any atom is -0.481 e. The van der Waals surface area contributed by atoms with Crippen molar-refractivity contribution in [3.05, 3.63) is 65.1 Å². The number of carboxylic acid groups (broad SMARTS) is 1. The van der Waals surface area contributed by atoms with Crippen molar-refractivity contribution in [1.82, 2.24) is 10.2 Å². The smallest absolute Gasteiger partial charge is 0.303 e. The summed E-state index contributed by atoms with van der Waals surface area (Å²) in [4.78, 5) is 37.1. The molecule has 0 aromatic heterocycles. The van der Waals surface area contributed by atoms with Gasteiger partial charge in [-0.25, -0.2) is 0 Å². The Morgan fingerprint density at radius 3 is 2.59 bits per heavy atom. The van der Waals surface area contributed by atoms with Crippen molar-refractivity contribution in [3.63, 3.8) is 0 Å². The zero-order valence-corrected chi connectivity index (χ0v) is 18.8. The number of carboxylic acids is 1. The molecule has 2 N–H and O–H groups in total. The summed E-state index contributed by atoms with van der Waals surface area (Å²) < 4.78 is 6.24. The lowest BCUT2D eigenvalue weighted by Gasteiger charge is -2.14. The molecule has 0 radical (unpaired) electrons. The molecule has 2 aromatic rings. The first-order chi connectivity index (χ1) is 15.4. The fraction of sp³-hybridized carbons (Fsp3) is 0.217. The maximum absolute atomic E-state index is 12.8.